The van der Waals surface area contributed by atoms with Gasteiger partial charge in [0.05, 0.1) is 17.8 Å². The number of amides is 2. The lowest BCUT2D eigenvalue weighted by Gasteiger charge is -2.55. The highest BCUT2D eigenvalue weighted by Crippen LogP contribution is 2.45. The molecule has 3 fully saturated rings. The number of benzene rings is 1. The molecule has 1 aromatic carbocycles. The first-order valence-corrected chi connectivity index (χ1v) is 14.1. The summed E-state index contributed by atoms with van der Waals surface area (Å²) in [6.07, 6.45) is 4.60. The van der Waals surface area contributed by atoms with Crippen molar-refractivity contribution < 1.29 is 18.7 Å². The Labute approximate surface area is 229 Å². The van der Waals surface area contributed by atoms with Crippen molar-refractivity contribution in [3.63, 3.8) is 0 Å². The maximum atomic E-state index is 14.2. The first-order chi connectivity index (χ1) is 18.7. The van der Waals surface area contributed by atoms with E-state index in [0.29, 0.717) is 12.5 Å². The summed E-state index contributed by atoms with van der Waals surface area (Å²) in [6, 6.07) is 5.74. The van der Waals surface area contributed by atoms with Gasteiger partial charge in [0.15, 0.2) is 0 Å². The van der Waals surface area contributed by atoms with E-state index in [0.717, 1.165) is 57.7 Å². The van der Waals surface area contributed by atoms with Gasteiger partial charge in [-0.2, -0.15) is 5.10 Å². The standard InChI is InChI=1S/C29H39FN6O3/c1-5-36(19(2)3)27(37)22-16-21(30)6-7-24(22)39-26-23(9-13-32-33-26)35-17-29(18-35)10-14-34(15-11-29)28(38)25-20(4)8-12-31-25/h6-7,9,13,16,19-20,25,31H,5,8,10-12,14-15,17-18H2,1-4H3/t20-,25-/m0/s1. The number of aromatic nitrogens is 2. The second kappa shape index (κ2) is 11.1. The monoisotopic (exact) mass is 538 g/mol. The average Bonchev–Trinajstić information content (AvgIpc) is 3.34. The molecule has 0 aliphatic carbocycles. The summed E-state index contributed by atoms with van der Waals surface area (Å²) in [5.41, 5.74) is 1.10. The third-order valence-corrected chi connectivity index (χ3v) is 8.60. The predicted molar refractivity (Wildman–Crippen MR) is 146 cm³/mol. The summed E-state index contributed by atoms with van der Waals surface area (Å²) in [6.45, 7) is 12.5. The van der Waals surface area contributed by atoms with E-state index in [1.54, 1.807) is 11.1 Å². The Morgan fingerprint density at radius 3 is 2.62 bits per heavy atom. The van der Waals surface area contributed by atoms with Crippen molar-refractivity contribution in [1.82, 2.24) is 25.3 Å². The quantitative estimate of drug-likeness (QED) is 0.575. The third kappa shape index (κ3) is 5.44. The summed E-state index contributed by atoms with van der Waals surface area (Å²) in [4.78, 5) is 32.1. The summed E-state index contributed by atoms with van der Waals surface area (Å²) in [5.74, 6) is 0.367. The molecule has 3 aliphatic heterocycles. The number of hydrogen-bond acceptors (Lipinski definition) is 7. The van der Waals surface area contributed by atoms with Gasteiger partial charge in [-0.1, -0.05) is 6.92 Å². The fraction of sp³-hybridized carbons (Fsp3) is 0.586. The van der Waals surface area contributed by atoms with Crippen molar-refractivity contribution in [2.45, 2.75) is 59.0 Å². The van der Waals surface area contributed by atoms with Gasteiger partial charge >= 0.3 is 0 Å². The lowest BCUT2D eigenvalue weighted by atomic mass is 9.71. The lowest BCUT2D eigenvalue weighted by Crippen LogP contribution is -2.62. The predicted octanol–water partition coefficient (Wildman–Crippen LogP) is 3.71. The molecule has 2 atom stereocenters. The third-order valence-electron chi connectivity index (χ3n) is 8.60. The van der Waals surface area contributed by atoms with Crippen LogP contribution < -0.4 is 15.0 Å². The Morgan fingerprint density at radius 2 is 1.97 bits per heavy atom. The molecule has 4 heterocycles. The van der Waals surface area contributed by atoms with Crippen LogP contribution in [-0.2, 0) is 4.79 Å². The molecule has 1 aromatic heterocycles. The zero-order valence-electron chi connectivity index (χ0n) is 23.3. The van der Waals surface area contributed by atoms with Crippen LogP contribution >= 0.6 is 0 Å². The number of nitrogens with one attached hydrogen (secondary N) is 1. The van der Waals surface area contributed by atoms with Crippen LogP contribution in [0.3, 0.4) is 0 Å². The largest absolute Gasteiger partial charge is 0.435 e. The zero-order valence-corrected chi connectivity index (χ0v) is 23.3. The zero-order chi connectivity index (χ0) is 27.7. The summed E-state index contributed by atoms with van der Waals surface area (Å²) in [5, 5.41) is 11.6. The van der Waals surface area contributed by atoms with Crippen LogP contribution in [0, 0.1) is 17.2 Å². The summed E-state index contributed by atoms with van der Waals surface area (Å²) >= 11 is 0. The van der Waals surface area contributed by atoms with Gasteiger partial charge in [0.1, 0.15) is 17.3 Å². The second-order valence-electron chi connectivity index (χ2n) is 11.5. The molecule has 2 amide bonds. The van der Waals surface area contributed by atoms with Gasteiger partial charge in [0, 0.05) is 44.2 Å². The van der Waals surface area contributed by atoms with E-state index >= 15 is 0 Å². The molecule has 5 rings (SSSR count). The molecule has 1 N–H and O–H groups in total. The maximum absolute atomic E-state index is 14.2. The number of likely N-dealkylation sites (tertiary alicyclic amines) is 1. The topological polar surface area (TPSA) is 90.9 Å². The minimum absolute atomic E-state index is 0.0393. The van der Waals surface area contributed by atoms with Crippen molar-refractivity contribution in [1.29, 1.82) is 0 Å². The van der Waals surface area contributed by atoms with Crippen molar-refractivity contribution in [2.75, 3.05) is 44.2 Å². The molecule has 2 aromatic rings. The fourth-order valence-corrected chi connectivity index (χ4v) is 6.20. The molecule has 210 valence electrons. The molecule has 0 bridgehead atoms. The highest BCUT2D eigenvalue weighted by atomic mass is 19.1. The Balaban J connectivity index is 1.27. The highest BCUT2D eigenvalue weighted by Gasteiger charge is 2.47. The van der Waals surface area contributed by atoms with E-state index in [1.165, 1.54) is 18.2 Å². The molecule has 1 spiro atoms. The van der Waals surface area contributed by atoms with Gasteiger partial charge in [-0.25, -0.2) is 4.39 Å². The van der Waals surface area contributed by atoms with Crippen LogP contribution in [0.25, 0.3) is 0 Å². The van der Waals surface area contributed by atoms with E-state index in [9.17, 15) is 14.0 Å². The van der Waals surface area contributed by atoms with Gasteiger partial charge in [0.25, 0.3) is 11.8 Å². The Morgan fingerprint density at radius 1 is 1.23 bits per heavy atom. The van der Waals surface area contributed by atoms with E-state index in [2.05, 4.69) is 27.3 Å². The first kappa shape index (κ1) is 27.3. The van der Waals surface area contributed by atoms with Gasteiger partial charge in [0.2, 0.25) is 5.91 Å². The van der Waals surface area contributed by atoms with Crippen LogP contribution in [0.5, 0.6) is 11.6 Å². The number of halogens is 1. The number of nitrogens with zero attached hydrogens (tertiary/aromatic N) is 5. The number of anilines is 1. The van der Waals surface area contributed by atoms with Gasteiger partial charge in [-0.15, -0.1) is 5.10 Å². The first-order valence-electron chi connectivity index (χ1n) is 14.1. The lowest BCUT2D eigenvalue weighted by molar-refractivity contribution is -0.136. The number of carbonyl (C=O) groups is 2. The van der Waals surface area contributed by atoms with E-state index in [1.807, 2.05) is 31.7 Å². The van der Waals surface area contributed by atoms with Crippen LogP contribution in [0.2, 0.25) is 0 Å². The number of piperidine rings is 1. The molecular weight excluding hydrogens is 499 g/mol. The smallest absolute Gasteiger partial charge is 0.262 e. The van der Waals surface area contributed by atoms with E-state index in [4.69, 9.17) is 4.74 Å². The molecule has 39 heavy (non-hydrogen) atoms. The number of ether oxygens (including phenoxy) is 1. The summed E-state index contributed by atoms with van der Waals surface area (Å²) in [7, 11) is 0. The Bertz CT molecular complexity index is 1210. The van der Waals surface area contributed by atoms with Crippen molar-refractivity contribution in [2.24, 2.45) is 11.3 Å². The van der Waals surface area contributed by atoms with Crippen LogP contribution in [-0.4, -0.2) is 83.2 Å². The minimum atomic E-state index is -0.502. The van der Waals surface area contributed by atoms with E-state index in [-0.39, 0.29) is 46.5 Å². The van der Waals surface area contributed by atoms with Gasteiger partial charge in [-0.05, 0) is 76.8 Å². The van der Waals surface area contributed by atoms with Gasteiger partial charge < -0.3 is 24.8 Å². The Kier molecular flexibility index (Phi) is 7.75. The fourth-order valence-electron chi connectivity index (χ4n) is 6.20. The Hall–Kier alpha value is -3.27. The number of hydrogen-bond donors (Lipinski definition) is 1. The van der Waals surface area contributed by atoms with E-state index < -0.39 is 5.82 Å². The average molecular weight is 539 g/mol. The number of carbonyl (C=O) groups excluding carboxylic acids is 2. The molecule has 10 heteroatoms. The van der Waals surface area contributed by atoms with Crippen molar-refractivity contribution in [3.8, 4) is 11.6 Å². The maximum Gasteiger partial charge on any atom is 0.262 e. The highest BCUT2D eigenvalue weighted by molar-refractivity contribution is 5.97. The van der Waals surface area contributed by atoms with Crippen molar-refractivity contribution >= 4 is 17.5 Å². The second-order valence-corrected chi connectivity index (χ2v) is 11.5. The minimum Gasteiger partial charge on any atom is -0.435 e. The van der Waals surface area contributed by atoms with Crippen LogP contribution in [0.4, 0.5) is 10.1 Å². The molecule has 0 unspecified atom stereocenters. The van der Waals surface area contributed by atoms with Crippen molar-refractivity contribution in [3.05, 3.63) is 41.8 Å². The normalized spacial score (nSPS) is 22.2. The summed E-state index contributed by atoms with van der Waals surface area (Å²) < 4.78 is 20.3. The molecular formula is C29H39FN6O3. The molecule has 3 aliphatic rings. The number of rotatable bonds is 7. The molecule has 0 radical (unpaired) electrons. The molecule has 9 nitrogen and oxygen atoms in total. The molecule has 3 saturated heterocycles. The van der Waals surface area contributed by atoms with Gasteiger partial charge in [-0.3, -0.25) is 9.59 Å². The SMILES string of the molecule is CCN(C(=O)c1cc(F)ccc1Oc1nnccc1N1CC2(CCN(C(=O)[C@H]3NCC[C@@H]3C)CC2)C1)C(C)C. The molecule has 0 saturated carbocycles. The van der Waals surface area contributed by atoms with Crippen LogP contribution in [0.1, 0.15) is 57.3 Å². The van der Waals surface area contributed by atoms with Crippen LogP contribution in [0.15, 0.2) is 30.5 Å².